The van der Waals surface area contributed by atoms with Crippen molar-refractivity contribution in [2.45, 2.75) is 31.4 Å². The van der Waals surface area contributed by atoms with Crippen LogP contribution in [0, 0.1) is 0 Å². The van der Waals surface area contributed by atoms with Crippen molar-refractivity contribution in [1.82, 2.24) is 14.9 Å². The molecule has 234 valence electrons. The van der Waals surface area contributed by atoms with Crippen molar-refractivity contribution in [3.05, 3.63) is 101 Å². The van der Waals surface area contributed by atoms with Crippen molar-refractivity contribution >= 4 is 23.5 Å². The lowest BCUT2D eigenvalue weighted by molar-refractivity contribution is -0.141. The quantitative estimate of drug-likeness (QED) is 0.268. The fourth-order valence-corrected chi connectivity index (χ4v) is 5.89. The number of hydrogen-bond acceptors (Lipinski definition) is 8. The van der Waals surface area contributed by atoms with Gasteiger partial charge in [-0.25, -0.2) is 4.98 Å². The van der Waals surface area contributed by atoms with Gasteiger partial charge in [0.25, 0.3) is 11.9 Å². The third-order valence-electron chi connectivity index (χ3n) is 8.37. The monoisotopic (exact) mass is 619 g/mol. The molecule has 6 rings (SSSR count). The van der Waals surface area contributed by atoms with Crippen molar-refractivity contribution in [2.24, 2.45) is 0 Å². The van der Waals surface area contributed by atoms with Crippen molar-refractivity contribution in [3.8, 4) is 5.75 Å². The molecule has 2 aliphatic rings. The van der Waals surface area contributed by atoms with Gasteiger partial charge in [-0.05, 0) is 48.1 Å². The topological polar surface area (TPSA) is 103 Å². The molecule has 0 unspecified atom stereocenters. The molecule has 4 heterocycles. The SMILES string of the molecule is O=C(Cc1ccc(N2CCN(C(=O)c3ccccc3O)CC2)nc1)c1oc(N2CCC(c3ccccc3)CC2)nc1C(F)(F)F. The highest BCUT2D eigenvalue weighted by molar-refractivity contribution is 5.97. The van der Waals surface area contributed by atoms with Crippen molar-refractivity contribution < 1.29 is 32.3 Å². The van der Waals surface area contributed by atoms with Gasteiger partial charge in [0, 0.05) is 51.9 Å². The number of phenolic OH excluding ortho intramolecular Hbond substituents is 1. The lowest BCUT2D eigenvalue weighted by atomic mass is 9.90. The molecule has 0 saturated carbocycles. The molecule has 9 nitrogen and oxygen atoms in total. The van der Waals surface area contributed by atoms with E-state index in [1.165, 1.54) is 17.8 Å². The van der Waals surface area contributed by atoms with Crippen LogP contribution in [0.5, 0.6) is 5.75 Å². The van der Waals surface area contributed by atoms with Crippen LogP contribution in [0.1, 0.15) is 56.5 Å². The number of rotatable bonds is 7. The normalized spacial score (nSPS) is 16.2. The number of piperazine rings is 1. The molecule has 0 radical (unpaired) electrons. The number of benzene rings is 2. The summed E-state index contributed by atoms with van der Waals surface area (Å²) in [6, 6.07) is 19.6. The second-order valence-electron chi connectivity index (χ2n) is 11.3. The van der Waals surface area contributed by atoms with Crippen LogP contribution in [0.4, 0.5) is 25.0 Å². The van der Waals surface area contributed by atoms with Gasteiger partial charge in [0.05, 0.1) is 5.56 Å². The zero-order valence-electron chi connectivity index (χ0n) is 24.4. The zero-order valence-corrected chi connectivity index (χ0v) is 24.4. The number of para-hydroxylation sites is 1. The van der Waals surface area contributed by atoms with Crippen LogP contribution in [-0.4, -0.2) is 70.9 Å². The molecule has 2 aromatic heterocycles. The van der Waals surface area contributed by atoms with Gasteiger partial charge in [-0.1, -0.05) is 48.5 Å². The highest BCUT2D eigenvalue weighted by Gasteiger charge is 2.42. The third kappa shape index (κ3) is 6.64. The van der Waals surface area contributed by atoms with E-state index in [1.807, 2.05) is 35.2 Å². The van der Waals surface area contributed by atoms with Gasteiger partial charge in [-0.2, -0.15) is 18.2 Å². The number of hydrogen-bond donors (Lipinski definition) is 1. The summed E-state index contributed by atoms with van der Waals surface area (Å²) >= 11 is 0. The second-order valence-corrected chi connectivity index (χ2v) is 11.3. The third-order valence-corrected chi connectivity index (χ3v) is 8.37. The standard InChI is InChI=1S/C33H32F3N5O4/c34-33(35,36)30-29(45-32(38-30)41-14-12-24(13-15-41)23-6-2-1-3-7-23)27(43)20-22-10-11-28(37-21-22)39-16-18-40(19-17-39)31(44)25-8-4-5-9-26(25)42/h1-11,21,24,42H,12-20H2. The molecule has 2 fully saturated rings. The number of piperidine rings is 1. The van der Waals surface area contributed by atoms with Crippen LogP contribution in [0.2, 0.25) is 0 Å². The van der Waals surface area contributed by atoms with Crippen LogP contribution in [0.3, 0.4) is 0 Å². The van der Waals surface area contributed by atoms with Gasteiger partial charge in [0.1, 0.15) is 11.6 Å². The molecule has 1 amide bonds. The minimum Gasteiger partial charge on any atom is -0.507 e. The lowest BCUT2D eigenvalue weighted by Gasteiger charge is -2.35. The smallest absolute Gasteiger partial charge is 0.437 e. The second kappa shape index (κ2) is 12.6. The fourth-order valence-electron chi connectivity index (χ4n) is 5.89. The average molecular weight is 620 g/mol. The van der Waals surface area contributed by atoms with E-state index in [9.17, 15) is 27.9 Å². The number of Topliss-reactive ketones (excluding diaryl/α,β-unsaturated/α-hetero) is 1. The van der Waals surface area contributed by atoms with Crippen LogP contribution in [-0.2, 0) is 12.6 Å². The Morgan fingerprint density at radius 1 is 0.867 bits per heavy atom. The molecule has 2 aromatic carbocycles. The Morgan fingerprint density at radius 3 is 2.20 bits per heavy atom. The minimum atomic E-state index is -4.85. The highest BCUT2D eigenvalue weighted by atomic mass is 19.4. The number of alkyl halides is 3. The summed E-state index contributed by atoms with van der Waals surface area (Å²) in [7, 11) is 0. The van der Waals surface area contributed by atoms with E-state index >= 15 is 0 Å². The molecule has 1 N–H and O–H groups in total. The Labute approximate surface area is 257 Å². The molecule has 45 heavy (non-hydrogen) atoms. The Kier molecular flexibility index (Phi) is 8.46. The Hall–Kier alpha value is -4.87. The summed E-state index contributed by atoms with van der Waals surface area (Å²) in [6.45, 7) is 2.78. The molecule has 2 aliphatic heterocycles. The van der Waals surface area contributed by atoms with Crippen molar-refractivity contribution in [2.75, 3.05) is 49.1 Å². The van der Waals surface area contributed by atoms with Crippen LogP contribution in [0.25, 0.3) is 0 Å². The first-order valence-electron chi connectivity index (χ1n) is 14.9. The molecule has 2 saturated heterocycles. The number of ketones is 1. The van der Waals surface area contributed by atoms with E-state index in [1.54, 1.807) is 40.1 Å². The highest BCUT2D eigenvalue weighted by Crippen LogP contribution is 2.37. The van der Waals surface area contributed by atoms with E-state index in [0.717, 1.165) is 12.8 Å². The number of aromatic hydroxyl groups is 1. The van der Waals surface area contributed by atoms with Crippen molar-refractivity contribution in [3.63, 3.8) is 0 Å². The summed E-state index contributed by atoms with van der Waals surface area (Å²) in [5.74, 6) is -1.02. The molecule has 0 aliphatic carbocycles. The first-order valence-corrected chi connectivity index (χ1v) is 14.9. The number of oxazole rings is 1. The lowest BCUT2D eigenvalue weighted by Crippen LogP contribution is -2.49. The van der Waals surface area contributed by atoms with Gasteiger partial charge in [-0.3, -0.25) is 9.59 Å². The number of pyridine rings is 1. The summed E-state index contributed by atoms with van der Waals surface area (Å²) in [5.41, 5.74) is 0.566. The number of carbonyl (C=O) groups is 2. The summed E-state index contributed by atoms with van der Waals surface area (Å²) < 4.78 is 47.3. The molecule has 0 bridgehead atoms. The van der Waals surface area contributed by atoms with E-state index in [-0.39, 0.29) is 29.7 Å². The Balaban J connectivity index is 1.08. The molecule has 12 heteroatoms. The molecular formula is C33H32F3N5O4. The predicted octanol–water partition coefficient (Wildman–Crippen LogP) is 5.57. The largest absolute Gasteiger partial charge is 0.507 e. The number of carbonyl (C=O) groups excluding carboxylic acids is 2. The van der Waals surface area contributed by atoms with E-state index in [4.69, 9.17) is 4.42 Å². The number of aromatic nitrogens is 2. The Bertz CT molecular complexity index is 1640. The number of halogens is 3. The van der Waals surface area contributed by atoms with Crippen LogP contribution in [0.15, 0.2) is 77.3 Å². The minimum absolute atomic E-state index is 0.0656. The maximum absolute atomic E-state index is 13.9. The average Bonchev–Trinajstić information content (AvgIpc) is 3.53. The maximum Gasteiger partial charge on any atom is 0.437 e. The first-order chi connectivity index (χ1) is 21.7. The molecule has 4 aromatic rings. The molecule has 0 spiro atoms. The Morgan fingerprint density at radius 2 is 1.56 bits per heavy atom. The number of nitrogens with zero attached hydrogens (tertiary/aromatic N) is 5. The predicted molar refractivity (Wildman–Crippen MR) is 161 cm³/mol. The van der Waals surface area contributed by atoms with E-state index in [0.29, 0.717) is 56.6 Å². The summed E-state index contributed by atoms with van der Waals surface area (Å²) in [4.78, 5) is 39.3. The van der Waals surface area contributed by atoms with E-state index < -0.39 is 23.4 Å². The first kappa shape index (κ1) is 30.2. The van der Waals surface area contributed by atoms with Gasteiger partial charge in [0.2, 0.25) is 11.5 Å². The van der Waals surface area contributed by atoms with Crippen LogP contribution < -0.4 is 9.80 Å². The maximum atomic E-state index is 13.9. The zero-order chi connectivity index (χ0) is 31.6. The molecule has 0 atom stereocenters. The van der Waals surface area contributed by atoms with Crippen LogP contribution >= 0.6 is 0 Å². The van der Waals surface area contributed by atoms with Gasteiger partial charge in [0.15, 0.2) is 5.69 Å². The number of anilines is 2. The number of phenols is 1. The van der Waals surface area contributed by atoms with E-state index in [2.05, 4.69) is 9.97 Å². The summed E-state index contributed by atoms with van der Waals surface area (Å²) in [6.07, 6.45) is -2.25. The van der Waals surface area contributed by atoms with Gasteiger partial charge < -0.3 is 24.2 Å². The fraction of sp³-hybridized carbons (Fsp3) is 0.333. The summed E-state index contributed by atoms with van der Waals surface area (Å²) in [5, 5.41) is 10.0. The molecular weight excluding hydrogens is 587 g/mol. The van der Waals surface area contributed by atoms with Gasteiger partial charge in [-0.15, -0.1) is 0 Å². The number of amides is 1. The van der Waals surface area contributed by atoms with Gasteiger partial charge >= 0.3 is 6.18 Å². The van der Waals surface area contributed by atoms with Crippen molar-refractivity contribution in [1.29, 1.82) is 0 Å².